The summed E-state index contributed by atoms with van der Waals surface area (Å²) in [4.78, 5) is 18.8. The first-order valence-electron chi connectivity index (χ1n) is 6.30. The number of carboxylic acid groups (broad SMARTS) is 1. The van der Waals surface area contributed by atoms with Crippen LogP contribution in [0.4, 0.5) is 10.5 Å². The van der Waals surface area contributed by atoms with Gasteiger partial charge in [-0.2, -0.15) is 5.10 Å². The Morgan fingerprint density at radius 1 is 1.27 bits per heavy atom. The number of amides is 1. The molecule has 0 spiro atoms. The molecule has 3 rings (SSSR count). The van der Waals surface area contributed by atoms with Gasteiger partial charge in [0.15, 0.2) is 0 Å². The summed E-state index contributed by atoms with van der Waals surface area (Å²) in [6, 6.07) is 8.24. The molecule has 2 aromatic heterocycles. The fourth-order valence-corrected chi connectivity index (χ4v) is 1.83. The Hall–Kier alpha value is -3.42. The third kappa shape index (κ3) is 3.18. The van der Waals surface area contributed by atoms with Gasteiger partial charge in [-0.25, -0.2) is 14.8 Å². The van der Waals surface area contributed by atoms with Crippen LogP contribution in [0.3, 0.4) is 0 Å². The van der Waals surface area contributed by atoms with Crippen molar-refractivity contribution in [3.63, 3.8) is 0 Å². The molecule has 3 N–H and O–H groups in total. The molecule has 8 heteroatoms. The molecule has 0 aliphatic carbocycles. The van der Waals surface area contributed by atoms with Gasteiger partial charge in [0.05, 0.1) is 11.9 Å². The van der Waals surface area contributed by atoms with E-state index >= 15 is 0 Å². The van der Waals surface area contributed by atoms with Crippen LogP contribution in [0.1, 0.15) is 0 Å². The Morgan fingerprint density at radius 3 is 2.95 bits per heavy atom. The minimum atomic E-state index is -1.14. The number of benzene rings is 1. The van der Waals surface area contributed by atoms with Gasteiger partial charge in [-0.3, -0.25) is 10.4 Å². The first-order chi connectivity index (χ1) is 10.7. The first-order valence-corrected chi connectivity index (χ1v) is 6.30. The SMILES string of the molecule is O=C(O)Nc1cccc(Oc2cc(-c3cn[nH]c3)ncn2)c1. The highest BCUT2D eigenvalue weighted by atomic mass is 16.5. The lowest BCUT2D eigenvalue weighted by Crippen LogP contribution is -2.06. The third-order valence-electron chi connectivity index (χ3n) is 2.74. The standard InChI is InChI=1S/C14H11N5O3/c20-14(21)19-10-2-1-3-11(4-10)22-13-5-12(15-8-16-13)9-6-17-18-7-9/h1-8,19H,(H,17,18)(H,20,21). The van der Waals surface area contributed by atoms with E-state index in [1.54, 1.807) is 42.7 Å². The van der Waals surface area contributed by atoms with Gasteiger partial charge in [-0.15, -0.1) is 0 Å². The Kier molecular flexibility index (Phi) is 3.65. The van der Waals surface area contributed by atoms with Gasteiger partial charge in [-0.05, 0) is 12.1 Å². The van der Waals surface area contributed by atoms with Gasteiger partial charge in [0, 0.05) is 29.6 Å². The lowest BCUT2D eigenvalue weighted by molar-refractivity contribution is 0.210. The molecule has 1 amide bonds. The van der Waals surface area contributed by atoms with E-state index < -0.39 is 6.09 Å². The number of nitrogens with zero attached hydrogens (tertiary/aromatic N) is 3. The molecule has 0 bridgehead atoms. The zero-order valence-electron chi connectivity index (χ0n) is 11.2. The van der Waals surface area contributed by atoms with Crippen molar-refractivity contribution in [1.29, 1.82) is 0 Å². The van der Waals surface area contributed by atoms with E-state index in [0.29, 0.717) is 23.0 Å². The maximum absolute atomic E-state index is 10.6. The van der Waals surface area contributed by atoms with Crippen LogP contribution in [-0.4, -0.2) is 31.4 Å². The Bertz CT molecular complexity index is 789. The maximum atomic E-state index is 10.6. The Labute approximate surface area is 124 Å². The first kappa shape index (κ1) is 13.6. The predicted molar refractivity (Wildman–Crippen MR) is 77.8 cm³/mol. The summed E-state index contributed by atoms with van der Waals surface area (Å²) < 4.78 is 5.62. The minimum Gasteiger partial charge on any atom is -0.465 e. The molecular formula is C14H11N5O3. The summed E-state index contributed by atoms with van der Waals surface area (Å²) in [5.41, 5.74) is 1.89. The summed E-state index contributed by atoms with van der Waals surface area (Å²) in [6.07, 6.45) is 3.60. The van der Waals surface area contributed by atoms with Gasteiger partial charge < -0.3 is 9.84 Å². The van der Waals surface area contributed by atoms with Crippen molar-refractivity contribution < 1.29 is 14.6 Å². The molecular weight excluding hydrogens is 286 g/mol. The smallest absolute Gasteiger partial charge is 0.409 e. The molecule has 22 heavy (non-hydrogen) atoms. The molecule has 0 aliphatic heterocycles. The van der Waals surface area contributed by atoms with E-state index in [4.69, 9.17) is 9.84 Å². The summed E-state index contributed by atoms with van der Waals surface area (Å²) in [5, 5.41) is 17.5. The molecule has 0 fully saturated rings. The number of anilines is 1. The van der Waals surface area contributed by atoms with Gasteiger partial charge in [0.25, 0.3) is 0 Å². The van der Waals surface area contributed by atoms with Crippen molar-refractivity contribution in [3.05, 3.63) is 49.1 Å². The predicted octanol–water partition coefficient (Wildman–Crippen LogP) is 2.75. The average Bonchev–Trinajstić information content (AvgIpc) is 3.01. The van der Waals surface area contributed by atoms with Crippen molar-refractivity contribution in [3.8, 4) is 22.9 Å². The fourth-order valence-electron chi connectivity index (χ4n) is 1.83. The maximum Gasteiger partial charge on any atom is 0.409 e. The third-order valence-corrected chi connectivity index (χ3v) is 2.74. The monoisotopic (exact) mass is 297 g/mol. The lowest BCUT2D eigenvalue weighted by atomic mass is 10.2. The van der Waals surface area contributed by atoms with E-state index in [1.165, 1.54) is 6.33 Å². The van der Waals surface area contributed by atoms with Crippen LogP contribution in [0.2, 0.25) is 0 Å². The van der Waals surface area contributed by atoms with Crippen LogP contribution in [0.5, 0.6) is 11.6 Å². The second kappa shape index (κ2) is 5.92. The lowest BCUT2D eigenvalue weighted by Gasteiger charge is -2.07. The quantitative estimate of drug-likeness (QED) is 0.682. The second-order valence-corrected chi connectivity index (χ2v) is 4.29. The summed E-state index contributed by atoms with van der Waals surface area (Å²) >= 11 is 0. The number of aromatic amines is 1. The molecule has 0 atom stereocenters. The van der Waals surface area contributed by atoms with Gasteiger partial charge in [-0.1, -0.05) is 6.07 Å². The normalized spacial score (nSPS) is 10.2. The van der Waals surface area contributed by atoms with Crippen LogP contribution >= 0.6 is 0 Å². The number of aromatic nitrogens is 4. The van der Waals surface area contributed by atoms with Crippen molar-refractivity contribution in [2.45, 2.75) is 0 Å². The molecule has 110 valence electrons. The highest BCUT2D eigenvalue weighted by Crippen LogP contribution is 2.25. The molecule has 0 aliphatic rings. The summed E-state index contributed by atoms with van der Waals surface area (Å²) in [7, 11) is 0. The van der Waals surface area contributed by atoms with E-state index in [1.807, 2.05) is 0 Å². The number of nitrogens with one attached hydrogen (secondary N) is 2. The zero-order valence-corrected chi connectivity index (χ0v) is 11.2. The number of ether oxygens (including phenoxy) is 1. The van der Waals surface area contributed by atoms with E-state index in [-0.39, 0.29) is 0 Å². The Balaban J connectivity index is 1.81. The van der Waals surface area contributed by atoms with Crippen LogP contribution < -0.4 is 10.1 Å². The van der Waals surface area contributed by atoms with Gasteiger partial charge >= 0.3 is 6.09 Å². The van der Waals surface area contributed by atoms with Crippen LogP contribution in [0.15, 0.2) is 49.1 Å². The summed E-state index contributed by atoms with van der Waals surface area (Å²) in [6.45, 7) is 0. The molecule has 0 unspecified atom stereocenters. The Morgan fingerprint density at radius 2 is 2.18 bits per heavy atom. The highest BCUT2D eigenvalue weighted by molar-refractivity contribution is 5.83. The van der Waals surface area contributed by atoms with Crippen molar-refractivity contribution in [2.75, 3.05) is 5.32 Å². The molecule has 0 radical (unpaired) electrons. The van der Waals surface area contributed by atoms with E-state index in [0.717, 1.165) is 5.56 Å². The van der Waals surface area contributed by atoms with Crippen LogP contribution in [-0.2, 0) is 0 Å². The molecule has 2 heterocycles. The van der Waals surface area contributed by atoms with Crippen LogP contribution in [0.25, 0.3) is 11.3 Å². The van der Waals surface area contributed by atoms with E-state index in [9.17, 15) is 4.79 Å². The summed E-state index contributed by atoms with van der Waals surface area (Å²) in [5.74, 6) is 0.807. The van der Waals surface area contributed by atoms with Crippen molar-refractivity contribution >= 4 is 11.8 Å². The van der Waals surface area contributed by atoms with Crippen LogP contribution in [0, 0.1) is 0 Å². The molecule has 3 aromatic rings. The average molecular weight is 297 g/mol. The number of hydrogen-bond donors (Lipinski definition) is 3. The van der Waals surface area contributed by atoms with E-state index in [2.05, 4.69) is 25.5 Å². The largest absolute Gasteiger partial charge is 0.465 e. The highest BCUT2D eigenvalue weighted by Gasteiger charge is 2.06. The molecule has 1 aromatic carbocycles. The number of carbonyl (C=O) groups is 1. The number of rotatable bonds is 4. The molecule has 0 saturated heterocycles. The minimum absolute atomic E-state index is 0.346. The molecule has 0 saturated carbocycles. The van der Waals surface area contributed by atoms with Gasteiger partial charge in [0.1, 0.15) is 12.1 Å². The number of H-pyrrole nitrogens is 1. The van der Waals surface area contributed by atoms with Crippen molar-refractivity contribution in [1.82, 2.24) is 20.2 Å². The second-order valence-electron chi connectivity index (χ2n) is 4.29. The number of hydrogen-bond acceptors (Lipinski definition) is 5. The fraction of sp³-hybridized carbons (Fsp3) is 0. The molecule has 8 nitrogen and oxygen atoms in total. The topological polar surface area (TPSA) is 113 Å². The zero-order chi connectivity index (χ0) is 15.4. The van der Waals surface area contributed by atoms with Crippen molar-refractivity contribution in [2.24, 2.45) is 0 Å². The van der Waals surface area contributed by atoms with Gasteiger partial charge in [0.2, 0.25) is 5.88 Å².